The summed E-state index contributed by atoms with van der Waals surface area (Å²) < 4.78 is 8.99. The predicted octanol–water partition coefficient (Wildman–Crippen LogP) is 3.15. The summed E-state index contributed by atoms with van der Waals surface area (Å²) >= 11 is 17.7. The van der Waals surface area contributed by atoms with Crippen molar-refractivity contribution in [3.63, 3.8) is 0 Å². The van der Waals surface area contributed by atoms with Crippen molar-refractivity contribution in [2.75, 3.05) is 19.6 Å². The molecule has 1 aromatic rings. The number of hydrogen-bond donors (Lipinski definition) is 1. The zero-order valence-electron chi connectivity index (χ0n) is 11.1. The topological polar surface area (TPSA) is 77.0 Å². The van der Waals surface area contributed by atoms with E-state index in [1.807, 2.05) is 0 Å². The number of nitrogens with zero attached hydrogens (tertiary/aromatic N) is 1. The van der Waals surface area contributed by atoms with Gasteiger partial charge in [-0.15, -0.1) is 0 Å². The highest BCUT2D eigenvalue weighted by molar-refractivity contribution is 6.42. The minimum atomic E-state index is -0.783. The van der Waals surface area contributed by atoms with Gasteiger partial charge in [0.05, 0.1) is 36.4 Å². The molecule has 6 nitrogen and oxygen atoms in total. The molecule has 0 unspecified atom stereocenters. The Balaban J connectivity index is 3.02. The van der Waals surface area contributed by atoms with Gasteiger partial charge >= 0.3 is 11.9 Å². The van der Waals surface area contributed by atoms with E-state index in [9.17, 15) is 9.59 Å². The standard InChI is InChI=1S/C12H11Cl3N2O4/c1-20-10(18)5-9(12(19)21-2)16-17-11-7(14)3-6(13)4-8(11)15/h3-4,17H,5H2,1-2H3/b16-9+. The van der Waals surface area contributed by atoms with Gasteiger partial charge in [-0.2, -0.15) is 5.10 Å². The van der Waals surface area contributed by atoms with Crippen LogP contribution in [0.15, 0.2) is 17.2 Å². The van der Waals surface area contributed by atoms with Crippen LogP contribution in [0.5, 0.6) is 0 Å². The van der Waals surface area contributed by atoms with Crippen molar-refractivity contribution in [1.82, 2.24) is 0 Å². The largest absolute Gasteiger partial charge is 0.469 e. The van der Waals surface area contributed by atoms with E-state index in [1.165, 1.54) is 19.2 Å². The zero-order chi connectivity index (χ0) is 16.0. The van der Waals surface area contributed by atoms with Crippen LogP contribution >= 0.6 is 34.8 Å². The van der Waals surface area contributed by atoms with E-state index in [0.29, 0.717) is 5.02 Å². The molecule has 1 rings (SSSR count). The Bertz CT molecular complexity index is 567. The number of carbonyl (C=O) groups excluding carboxylic acids is 2. The maximum absolute atomic E-state index is 11.5. The highest BCUT2D eigenvalue weighted by Gasteiger charge is 2.18. The van der Waals surface area contributed by atoms with E-state index < -0.39 is 11.9 Å². The lowest BCUT2D eigenvalue weighted by Gasteiger charge is -2.08. The Labute approximate surface area is 135 Å². The molecule has 0 aliphatic carbocycles. The van der Waals surface area contributed by atoms with Gasteiger partial charge in [-0.3, -0.25) is 10.2 Å². The van der Waals surface area contributed by atoms with Crippen molar-refractivity contribution in [2.24, 2.45) is 5.10 Å². The molecule has 1 aromatic carbocycles. The Morgan fingerprint density at radius 1 is 1.14 bits per heavy atom. The number of benzene rings is 1. The van der Waals surface area contributed by atoms with Gasteiger partial charge in [0.2, 0.25) is 0 Å². The smallest absolute Gasteiger partial charge is 0.354 e. The normalized spacial score (nSPS) is 11.0. The molecule has 0 bridgehead atoms. The number of hydrogen-bond acceptors (Lipinski definition) is 6. The van der Waals surface area contributed by atoms with Gasteiger partial charge in [-0.05, 0) is 12.1 Å². The molecule has 21 heavy (non-hydrogen) atoms. The van der Waals surface area contributed by atoms with E-state index in [4.69, 9.17) is 34.8 Å². The van der Waals surface area contributed by atoms with E-state index in [-0.39, 0.29) is 27.9 Å². The second-order valence-electron chi connectivity index (χ2n) is 3.66. The lowest BCUT2D eigenvalue weighted by atomic mass is 10.3. The first-order valence-corrected chi connectivity index (χ1v) is 6.64. The average molecular weight is 354 g/mol. The van der Waals surface area contributed by atoms with Crippen LogP contribution in [0.1, 0.15) is 6.42 Å². The number of carbonyl (C=O) groups is 2. The summed E-state index contributed by atoms with van der Waals surface area (Å²) in [6, 6.07) is 2.90. The van der Waals surface area contributed by atoms with Gasteiger partial charge in [0.25, 0.3) is 0 Å². The SMILES string of the molecule is COC(=O)C/C(=N\Nc1c(Cl)cc(Cl)cc1Cl)C(=O)OC. The van der Waals surface area contributed by atoms with Crippen LogP contribution in [0.2, 0.25) is 15.1 Å². The van der Waals surface area contributed by atoms with Gasteiger partial charge in [0.1, 0.15) is 0 Å². The molecule has 0 saturated heterocycles. The van der Waals surface area contributed by atoms with Crippen molar-refractivity contribution < 1.29 is 19.1 Å². The van der Waals surface area contributed by atoms with Crippen molar-refractivity contribution in [1.29, 1.82) is 0 Å². The summed E-state index contributed by atoms with van der Waals surface area (Å²) in [4.78, 5) is 22.7. The zero-order valence-corrected chi connectivity index (χ0v) is 13.3. The molecule has 0 aliphatic rings. The maximum atomic E-state index is 11.5. The molecular formula is C12H11Cl3N2O4. The number of rotatable bonds is 5. The fourth-order valence-electron chi connectivity index (χ4n) is 1.26. The van der Waals surface area contributed by atoms with E-state index in [2.05, 4.69) is 20.0 Å². The number of methoxy groups -OCH3 is 2. The maximum Gasteiger partial charge on any atom is 0.354 e. The third-order valence-electron chi connectivity index (χ3n) is 2.27. The molecule has 0 spiro atoms. The Morgan fingerprint density at radius 3 is 2.19 bits per heavy atom. The fraction of sp³-hybridized carbons (Fsp3) is 0.250. The van der Waals surface area contributed by atoms with Gasteiger partial charge in [-0.1, -0.05) is 34.8 Å². The average Bonchev–Trinajstić information content (AvgIpc) is 2.43. The Morgan fingerprint density at radius 2 is 1.71 bits per heavy atom. The van der Waals surface area contributed by atoms with Gasteiger partial charge in [-0.25, -0.2) is 4.79 Å². The highest BCUT2D eigenvalue weighted by atomic mass is 35.5. The number of halogens is 3. The molecule has 114 valence electrons. The summed E-state index contributed by atoms with van der Waals surface area (Å²) in [5, 5.41) is 4.55. The molecule has 0 aromatic heterocycles. The van der Waals surface area contributed by atoms with Crippen LogP contribution in [0.25, 0.3) is 0 Å². The quantitative estimate of drug-likeness (QED) is 0.500. The van der Waals surface area contributed by atoms with Crippen molar-refractivity contribution in [3.05, 3.63) is 27.2 Å². The molecule has 9 heteroatoms. The first-order valence-electron chi connectivity index (χ1n) is 5.51. The number of anilines is 1. The van der Waals surface area contributed by atoms with Crippen LogP contribution in [0.4, 0.5) is 5.69 Å². The summed E-state index contributed by atoms with van der Waals surface area (Å²) in [6.45, 7) is 0. The molecular weight excluding hydrogens is 343 g/mol. The van der Waals surface area contributed by atoms with E-state index in [1.54, 1.807) is 0 Å². The van der Waals surface area contributed by atoms with Crippen LogP contribution in [-0.4, -0.2) is 31.9 Å². The number of hydrazone groups is 1. The molecule has 0 radical (unpaired) electrons. The summed E-state index contributed by atoms with van der Waals surface area (Å²) in [5.74, 6) is -1.43. The number of esters is 2. The monoisotopic (exact) mass is 352 g/mol. The minimum absolute atomic E-state index is 0.188. The summed E-state index contributed by atoms with van der Waals surface area (Å²) in [7, 11) is 2.36. The highest BCUT2D eigenvalue weighted by Crippen LogP contribution is 2.33. The van der Waals surface area contributed by atoms with Crippen molar-refractivity contribution in [3.8, 4) is 0 Å². The van der Waals surface area contributed by atoms with Crippen LogP contribution in [0.3, 0.4) is 0 Å². The van der Waals surface area contributed by atoms with Crippen LogP contribution < -0.4 is 5.43 Å². The summed E-state index contributed by atoms with van der Waals surface area (Å²) in [6.07, 6.45) is -0.362. The van der Waals surface area contributed by atoms with Crippen LogP contribution in [0, 0.1) is 0 Å². The lowest BCUT2D eigenvalue weighted by molar-refractivity contribution is -0.140. The molecule has 0 atom stereocenters. The molecule has 1 N–H and O–H groups in total. The van der Waals surface area contributed by atoms with Crippen molar-refractivity contribution in [2.45, 2.75) is 6.42 Å². The van der Waals surface area contributed by atoms with Gasteiger partial charge < -0.3 is 9.47 Å². The van der Waals surface area contributed by atoms with E-state index >= 15 is 0 Å². The molecule has 0 aliphatic heterocycles. The first-order chi connectivity index (χ1) is 9.88. The second kappa shape index (κ2) is 8.07. The van der Waals surface area contributed by atoms with Crippen LogP contribution in [-0.2, 0) is 19.1 Å². The summed E-state index contributed by atoms with van der Waals surface area (Å²) in [5.41, 5.74) is 2.57. The lowest BCUT2D eigenvalue weighted by Crippen LogP contribution is -2.21. The van der Waals surface area contributed by atoms with E-state index in [0.717, 1.165) is 7.11 Å². The first kappa shape index (κ1) is 17.6. The second-order valence-corrected chi connectivity index (χ2v) is 4.91. The van der Waals surface area contributed by atoms with Gasteiger partial charge in [0.15, 0.2) is 5.71 Å². The number of ether oxygens (including phenoxy) is 2. The molecule has 0 fully saturated rings. The predicted molar refractivity (Wildman–Crippen MR) is 81.2 cm³/mol. The Kier molecular flexibility index (Phi) is 6.74. The fourth-order valence-corrected chi connectivity index (χ4v) is 2.16. The molecule has 0 heterocycles. The van der Waals surface area contributed by atoms with Crippen molar-refractivity contribution >= 4 is 58.1 Å². The number of nitrogens with one attached hydrogen (secondary N) is 1. The Hall–Kier alpha value is -1.50. The molecule has 0 amide bonds. The third-order valence-corrected chi connectivity index (χ3v) is 3.08. The third kappa shape index (κ3) is 5.08. The molecule has 0 saturated carbocycles. The van der Waals surface area contributed by atoms with Gasteiger partial charge in [0, 0.05) is 5.02 Å². The minimum Gasteiger partial charge on any atom is -0.469 e.